The number of benzene rings is 1. The van der Waals surface area contributed by atoms with E-state index in [1.54, 1.807) is 18.2 Å². The van der Waals surface area contributed by atoms with Gasteiger partial charge in [-0.25, -0.2) is 4.79 Å². The topological polar surface area (TPSA) is 83.8 Å². The molecule has 2 N–H and O–H groups in total. The van der Waals surface area contributed by atoms with E-state index in [1.807, 2.05) is 6.07 Å². The lowest BCUT2D eigenvalue weighted by atomic mass is 9.76. The van der Waals surface area contributed by atoms with Crippen molar-refractivity contribution in [3.63, 3.8) is 0 Å². The van der Waals surface area contributed by atoms with Crippen LogP contribution in [0.2, 0.25) is 0 Å². The second-order valence-corrected chi connectivity index (χ2v) is 5.86. The Hall–Kier alpha value is -1.88. The van der Waals surface area contributed by atoms with Gasteiger partial charge in [-0.15, -0.1) is 0 Å². The van der Waals surface area contributed by atoms with Gasteiger partial charge in [0.2, 0.25) is 0 Å². The molecule has 2 saturated heterocycles. The van der Waals surface area contributed by atoms with E-state index in [1.165, 1.54) is 0 Å². The van der Waals surface area contributed by atoms with E-state index < -0.39 is 17.9 Å². The number of ether oxygens (including phenoxy) is 1. The number of hydrogen-bond donors (Lipinski definition) is 2. The monoisotopic (exact) mass is 290 g/mol. The summed E-state index contributed by atoms with van der Waals surface area (Å²) in [6, 6.07) is 6.83. The average Bonchev–Trinajstić information content (AvgIpc) is 3.05. The van der Waals surface area contributed by atoms with Crippen LogP contribution >= 0.6 is 0 Å². The maximum Gasteiger partial charge on any atom is 0.335 e. The molecule has 2 aliphatic heterocycles. The third-order valence-corrected chi connectivity index (χ3v) is 4.65. The van der Waals surface area contributed by atoms with Crippen molar-refractivity contribution >= 4 is 11.9 Å². The molecular weight excluding hydrogens is 272 g/mol. The van der Waals surface area contributed by atoms with Gasteiger partial charge in [-0.2, -0.15) is 0 Å². The first-order chi connectivity index (χ1) is 10.1. The Morgan fingerprint density at radius 3 is 2.67 bits per heavy atom. The number of rotatable bonds is 5. The van der Waals surface area contributed by atoms with E-state index >= 15 is 0 Å². The number of aryl methyl sites for hydroxylation is 1. The van der Waals surface area contributed by atoms with Crippen LogP contribution in [0.4, 0.5) is 0 Å². The lowest BCUT2D eigenvalue weighted by molar-refractivity contribution is -0.144. The van der Waals surface area contributed by atoms with Gasteiger partial charge in [0.25, 0.3) is 0 Å². The smallest absolute Gasteiger partial charge is 0.335 e. The molecule has 112 valence electrons. The summed E-state index contributed by atoms with van der Waals surface area (Å²) in [7, 11) is 0. The molecular formula is C16H18O5. The lowest BCUT2D eigenvalue weighted by Crippen LogP contribution is -2.33. The van der Waals surface area contributed by atoms with Crippen LogP contribution in [-0.4, -0.2) is 34.4 Å². The van der Waals surface area contributed by atoms with Crippen molar-refractivity contribution in [1.82, 2.24) is 0 Å². The van der Waals surface area contributed by atoms with Gasteiger partial charge in [-0.3, -0.25) is 4.79 Å². The molecule has 5 heteroatoms. The number of carbonyl (C=O) groups is 2. The van der Waals surface area contributed by atoms with Crippen LogP contribution in [0, 0.1) is 11.8 Å². The second-order valence-electron chi connectivity index (χ2n) is 5.86. The van der Waals surface area contributed by atoms with Gasteiger partial charge in [-0.1, -0.05) is 12.1 Å². The van der Waals surface area contributed by atoms with Gasteiger partial charge in [0.1, 0.15) is 0 Å². The molecule has 0 saturated carbocycles. The second kappa shape index (κ2) is 5.48. The van der Waals surface area contributed by atoms with Crippen molar-refractivity contribution in [3.05, 3.63) is 35.4 Å². The summed E-state index contributed by atoms with van der Waals surface area (Å²) in [5.74, 6) is -2.09. The lowest BCUT2D eigenvalue weighted by Gasteiger charge is -2.24. The summed E-state index contributed by atoms with van der Waals surface area (Å²) in [5, 5.41) is 18.4. The Labute approximate surface area is 122 Å². The fourth-order valence-corrected chi connectivity index (χ4v) is 3.68. The standard InChI is InChI=1S/C16H18O5/c17-15(18)10-3-1-2-9(8-10)4-5-11-12-6-7-13(21-12)14(11)16(19)20/h1-3,8,11-14H,4-7H2,(H,17,18)(H,19,20). The number of fused-ring (bicyclic) bond motifs is 2. The number of carboxylic acid groups (broad SMARTS) is 2. The van der Waals surface area contributed by atoms with Gasteiger partial charge in [0.15, 0.2) is 0 Å². The number of aliphatic carboxylic acids is 1. The Morgan fingerprint density at radius 1 is 1.19 bits per heavy atom. The van der Waals surface area contributed by atoms with Crippen molar-refractivity contribution < 1.29 is 24.5 Å². The summed E-state index contributed by atoms with van der Waals surface area (Å²) in [4.78, 5) is 22.4. The van der Waals surface area contributed by atoms with Gasteiger partial charge in [0.05, 0.1) is 23.7 Å². The highest BCUT2D eigenvalue weighted by Gasteiger charge is 2.51. The molecule has 0 aliphatic carbocycles. The quantitative estimate of drug-likeness (QED) is 0.868. The largest absolute Gasteiger partial charge is 0.481 e. The molecule has 2 fully saturated rings. The van der Waals surface area contributed by atoms with E-state index in [2.05, 4.69) is 0 Å². The number of carboxylic acids is 2. The molecule has 5 nitrogen and oxygen atoms in total. The van der Waals surface area contributed by atoms with Crippen LogP contribution in [0.25, 0.3) is 0 Å². The maximum absolute atomic E-state index is 11.4. The Kier molecular flexibility index (Phi) is 3.68. The Morgan fingerprint density at radius 2 is 1.95 bits per heavy atom. The van der Waals surface area contributed by atoms with Crippen LogP contribution in [0.3, 0.4) is 0 Å². The van der Waals surface area contributed by atoms with Crippen molar-refractivity contribution in [3.8, 4) is 0 Å². The molecule has 2 aliphatic rings. The highest BCUT2D eigenvalue weighted by molar-refractivity contribution is 5.87. The van der Waals surface area contributed by atoms with E-state index in [0.29, 0.717) is 6.42 Å². The molecule has 2 bridgehead atoms. The molecule has 21 heavy (non-hydrogen) atoms. The van der Waals surface area contributed by atoms with Crippen LogP contribution in [-0.2, 0) is 16.0 Å². The highest BCUT2D eigenvalue weighted by atomic mass is 16.5. The van der Waals surface area contributed by atoms with Gasteiger partial charge < -0.3 is 14.9 Å². The van der Waals surface area contributed by atoms with Crippen molar-refractivity contribution in [2.75, 3.05) is 0 Å². The van der Waals surface area contributed by atoms with Crippen LogP contribution < -0.4 is 0 Å². The molecule has 4 unspecified atom stereocenters. The highest BCUT2D eigenvalue weighted by Crippen LogP contribution is 2.45. The van der Waals surface area contributed by atoms with Crippen molar-refractivity contribution in [2.45, 2.75) is 37.9 Å². The third-order valence-electron chi connectivity index (χ3n) is 4.65. The van der Waals surface area contributed by atoms with Crippen LogP contribution in [0.5, 0.6) is 0 Å². The summed E-state index contributed by atoms with van der Waals surface area (Å²) in [6.07, 6.45) is 3.10. The Bertz CT molecular complexity index is 568. The molecule has 4 atom stereocenters. The molecule has 1 aromatic rings. The predicted molar refractivity (Wildman–Crippen MR) is 74.2 cm³/mol. The third kappa shape index (κ3) is 2.65. The molecule has 0 radical (unpaired) electrons. The molecule has 2 heterocycles. The molecule has 0 aromatic heterocycles. The first-order valence-corrected chi connectivity index (χ1v) is 7.27. The fraction of sp³-hybridized carbons (Fsp3) is 0.500. The summed E-state index contributed by atoms with van der Waals surface area (Å²) < 4.78 is 5.73. The van der Waals surface area contributed by atoms with Crippen molar-refractivity contribution in [1.29, 1.82) is 0 Å². The zero-order valence-corrected chi connectivity index (χ0v) is 11.6. The summed E-state index contributed by atoms with van der Waals surface area (Å²) >= 11 is 0. The van der Waals surface area contributed by atoms with Crippen LogP contribution in [0.15, 0.2) is 24.3 Å². The Balaban J connectivity index is 1.68. The zero-order chi connectivity index (χ0) is 15.0. The SMILES string of the molecule is O=C(O)c1cccc(CCC2C3CCC(O3)C2C(=O)O)c1. The first kappa shape index (κ1) is 14.1. The molecule has 1 aromatic carbocycles. The normalized spacial score (nSPS) is 30.5. The maximum atomic E-state index is 11.4. The minimum Gasteiger partial charge on any atom is -0.481 e. The molecule has 3 rings (SSSR count). The number of hydrogen-bond acceptors (Lipinski definition) is 3. The predicted octanol–water partition coefficient (Wildman–Crippen LogP) is 2.20. The van der Waals surface area contributed by atoms with Crippen molar-refractivity contribution in [2.24, 2.45) is 11.8 Å². The van der Waals surface area contributed by atoms with Gasteiger partial charge in [-0.05, 0) is 43.4 Å². The van der Waals surface area contributed by atoms with E-state index in [0.717, 1.165) is 24.8 Å². The summed E-state index contributed by atoms with van der Waals surface area (Å²) in [5.41, 5.74) is 1.20. The van der Waals surface area contributed by atoms with Gasteiger partial charge in [0, 0.05) is 5.92 Å². The van der Waals surface area contributed by atoms with E-state index in [9.17, 15) is 14.7 Å². The minimum absolute atomic E-state index is 0.0368. The zero-order valence-electron chi connectivity index (χ0n) is 11.6. The molecule has 0 spiro atoms. The minimum atomic E-state index is -0.941. The van der Waals surface area contributed by atoms with Crippen LogP contribution in [0.1, 0.15) is 35.2 Å². The fourth-order valence-electron chi connectivity index (χ4n) is 3.68. The van der Waals surface area contributed by atoms with Gasteiger partial charge >= 0.3 is 11.9 Å². The molecule has 0 amide bonds. The van der Waals surface area contributed by atoms with E-state index in [4.69, 9.17) is 9.84 Å². The number of aromatic carboxylic acids is 1. The van der Waals surface area contributed by atoms with E-state index in [-0.39, 0.29) is 23.7 Å². The summed E-state index contributed by atoms with van der Waals surface area (Å²) in [6.45, 7) is 0. The first-order valence-electron chi connectivity index (χ1n) is 7.27. The average molecular weight is 290 g/mol.